The predicted octanol–water partition coefficient (Wildman–Crippen LogP) is 3.83. The molecule has 9 heteroatoms. The summed E-state index contributed by atoms with van der Waals surface area (Å²) < 4.78 is 24.6. The van der Waals surface area contributed by atoms with E-state index in [1.807, 2.05) is 0 Å². The molecule has 0 aromatic heterocycles. The SMILES string of the molecule is C=CCOc1cc(Br)c(/C=C2\C(=O)NC(=O)N(c3ccc(F)cc3)C2=O)cc1OC. The van der Waals surface area contributed by atoms with Gasteiger partial charge in [-0.3, -0.25) is 14.9 Å². The first kappa shape index (κ1) is 21.3. The fraction of sp³-hybridized carbons (Fsp3) is 0.0952. The van der Waals surface area contributed by atoms with E-state index in [2.05, 4.69) is 27.8 Å². The summed E-state index contributed by atoms with van der Waals surface area (Å²) in [5.74, 6) is -1.39. The van der Waals surface area contributed by atoms with Gasteiger partial charge in [0, 0.05) is 4.47 Å². The van der Waals surface area contributed by atoms with Gasteiger partial charge in [-0.25, -0.2) is 14.1 Å². The van der Waals surface area contributed by atoms with Crippen molar-refractivity contribution in [3.05, 3.63) is 70.5 Å². The highest BCUT2D eigenvalue weighted by Gasteiger charge is 2.37. The number of hydrogen-bond acceptors (Lipinski definition) is 5. The number of carbonyl (C=O) groups excluding carboxylic acids is 3. The summed E-state index contributed by atoms with van der Waals surface area (Å²) in [5, 5.41) is 2.11. The van der Waals surface area contributed by atoms with E-state index in [9.17, 15) is 18.8 Å². The molecule has 3 rings (SSSR count). The first-order valence-corrected chi connectivity index (χ1v) is 9.43. The number of carbonyl (C=O) groups is 3. The lowest BCUT2D eigenvalue weighted by molar-refractivity contribution is -0.122. The van der Waals surface area contributed by atoms with Crippen molar-refractivity contribution in [1.82, 2.24) is 5.32 Å². The van der Waals surface area contributed by atoms with Crippen LogP contribution in [0.15, 0.2) is 59.1 Å². The minimum atomic E-state index is -0.918. The lowest BCUT2D eigenvalue weighted by atomic mass is 10.1. The van der Waals surface area contributed by atoms with E-state index in [-0.39, 0.29) is 17.9 Å². The van der Waals surface area contributed by atoms with Gasteiger partial charge in [0.25, 0.3) is 11.8 Å². The third-order valence-corrected chi connectivity index (χ3v) is 4.81. The van der Waals surface area contributed by atoms with Crippen LogP contribution in [-0.4, -0.2) is 31.6 Å². The summed E-state index contributed by atoms with van der Waals surface area (Å²) in [6.07, 6.45) is 2.90. The molecule has 30 heavy (non-hydrogen) atoms. The van der Waals surface area contributed by atoms with Gasteiger partial charge in [0.2, 0.25) is 0 Å². The Hall–Kier alpha value is -3.46. The molecule has 0 unspecified atom stereocenters. The number of imide groups is 2. The zero-order chi connectivity index (χ0) is 21.8. The highest BCUT2D eigenvalue weighted by molar-refractivity contribution is 9.10. The Labute approximate surface area is 179 Å². The van der Waals surface area contributed by atoms with Crippen molar-refractivity contribution in [2.45, 2.75) is 0 Å². The third kappa shape index (κ3) is 4.25. The van der Waals surface area contributed by atoms with Crippen LogP contribution < -0.4 is 19.7 Å². The number of ether oxygens (including phenoxy) is 2. The van der Waals surface area contributed by atoms with Gasteiger partial charge in [0.15, 0.2) is 11.5 Å². The molecule has 1 N–H and O–H groups in total. The maximum atomic E-state index is 13.2. The van der Waals surface area contributed by atoms with Crippen molar-refractivity contribution in [3.63, 3.8) is 0 Å². The van der Waals surface area contributed by atoms with Gasteiger partial charge in [0.05, 0.1) is 12.8 Å². The minimum Gasteiger partial charge on any atom is -0.493 e. The first-order chi connectivity index (χ1) is 14.3. The molecule has 0 radical (unpaired) electrons. The lowest BCUT2D eigenvalue weighted by Crippen LogP contribution is -2.54. The summed E-state index contributed by atoms with van der Waals surface area (Å²) in [5.41, 5.74) is 0.299. The quantitative estimate of drug-likeness (QED) is 0.390. The smallest absolute Gasteiger partial charge is 0.335 e. The molecule has 0 aliphatic carbocycles. The van der Waals surface area contributed by atoms with Gasteiger partial charge in [-0.15, -0.1) is 0 Å². The van der Waals surface area contributed by atoms with Crippen LogP contribution in [-0.2, 0) is 9.59 Å². The standard InChI is InChI=1S/C21H16BrFN2O5/c1-3-8-30-18-11-16(22)12(10-17(18)29-2)9-15-19(26)24-21(28)25(20(15)27)14-6-4-13(23)5-7-14/h3-7,9-11H,1,8H2,2H3,(H,24,26,28)/b15-9+. The van der Waals surface area contributed by atoms with Crippen LogP contribution in [0.3, 0.4) is 0 Å². The summed E-state index contributed by atoms with van der Waals surface area (Å²) in [7, 11) is 1.45. The highest BCUT2D eigenvalue weighted by Crippen LogP contribution is 2.35. The fourth-order valence-corrected chi connectivity index (χ4v) is 3.16. The third-order valence-electron chi connectivity index (χ3n) is 4.13. The number of benzene rings is 2. The van der Waals surface area contributed by atoms with Gasteiger partial charge in [-0.1, -0.05) is 28.6 Å². The van der Waals surface area contributed by atoms with E-state index in [4.69, 9.17) is 9.47 Å². The monoisotopic (exact) mass is 474 g/mol. The van der Waals surface area contributed by atoms with Gasteiger partial charge < -0.3 is 9.47 Å². The summed E-state index contributed by atoms with van der Waals surface area (Å²) >= 11 is 3.38. The van der Waals surface area contributed by atoms with E-state index in [0.29, 0.717) is 21.5 Å². The Balaban J connectivity index is 2.02. The molecule has 2 aromatic carbocycles. The molecule has 154 valence electrons. The number of nitrogens with one attached hydrogen (secondary N) is 1. The summed E-state index contributed by atoms with van der Waals surface area (Å²) in [4.78, 5) is 38.2. The van der Waals surface area contributed by atoms with E-state index >= 15 is 0 Å². The molecule has 0 bridgehead atoms. The number of rotatable bonds is 6. The van der Waals surface area contributed by atoms with Gasteiger partial charge in [0.1, 0.15) is 18.0 Å². The molecule has 0 saturated carbocycles. The van der Waals surface area contributed by atoms with Crippen LogP contribution in [0.5, 0.6) is 11.5 Å². The van der Waals surface area contributed by atoms with E-state index in [0.717, 1.165) is 17.0 Å². The van der Waals surface area contributed by atoms with Crippen LogP contribution in [0.1, 0.15) is 5.56 Å². The largest absolute Gasteiger partial charge is 0.493 e. The van der Waals surface area contributed by atoms with E-state index in [1.165, 1.54) is 25.3 Å². The number of anilines is 1. The van der Waals surface area contributed by atoms with Gasteiger partial charge in [-0.2, -0.15) is 0 Å². The molecule has 0 spiro atoms. The Morgan fingerprint density at radius 2 is 1.87 bits per heavy atom. The number of methoxy groups -OCH3 is 1. The Bertz CT molecular complexity index is 1070. The van der Waals surface area contributed by atoms with Gasteiger partial charge in [-0.05, 0) is 48.0 Å². The van der Waals surface area contributed by atoms with E-state index in [1.54, 1.807) is 18.2 Å². The average Bonchev–Trinajstić information content (AvgIpc) is 2.71. The Morgan fingerprint density at radius 1 is 1.17 bits per heavy atom. The molecular formula is C21H16BrFN2O5. The van der Waals surface area contributed by atoms with Crippen molar-refractivity contribution < 1.29 is 28.2 Å². The maximum Gasteiger partial charge on any atom is 0.335 e. The first-order valence-electron chi connectivity index (χ1n) is 8.64. The number of hydrogen-bond donors (Lipinski definition) is 1. The molecule has 7 nitrogen and oxygen atoms in total. The van der Waals surface area contributed by atoms with Crippen molar-refractivity contribution in [3.8, 4) is 11.5 Å². The zero-order valence-corrected chi connectivity index (χ0v) is 17.4. The molecule has 1 aliphatic rings. The Kier molecular flexibility index (Phi) is 6.31. The number of urea groups is 1. The molecule has 1 saturated heterocycles. The average molecular weight is 475 g/mol. The molecular weight excluding hydrogens is 459 g/mol. The topological polar surface area (TPSA) is 84.9 Å². The van der Waals surface area contributed by atoms with Crippen LogP contribution >= 0.6 is 15.9 Å². The number of amides is 4. The van der Waals surface area contributed by atoms with Crippen molar-refractivity contribution in [1.29, 1.82) is 0 Å². The van der Waals surface area contributed by atoms with Crippen LogP contribution in [0, 0.1) is 5.82 Å². The van der Waals surface area contributed by atoms with Crippen LogP contribution in [0.2, 0.25) is 0 Å². The summed E-state index contributed by atoms with van der Waals surface area (Å²) in [6.45, 7) is 3.85. The van der Waals surface area contributed by atoms with Gasteiger partial charge >= 0.3 is 6.03 Å². The number of barbiturate groups is 1. The molecule has 1 aliphatic heterocycles. The predicted molar refractivity (Wildman–Crippen MR) is 112 cm³/mol. The number of halogens is 2. The maximum absolute atomic E-state index is 13.2. The van der Waals surface area contributed by atoms with Crippen molar-refractivity contribution in [2.75, 3.05) is 18.6 Å². The van der Waals surface area contributed by atoms with Crippen molar-refractivity contribution in [2.24, 2.45) is 0 Å². The molecule has 0 atom stereocenters. The van der Waals surface area contributed by atoms with Crippen molar-refractivity contribution >= 4 is 45.5 Å². The van der Waals surface area contributed by atoms with Crippen LogP contribution in [0.4, 0.5) is 14.9 Å². The zero-order valence-electron chi connectivity index (χ0n) is 15.8. The molecule has 1 heterocycles. The second-order valence-electron chi connectivity index (χ2n) is 6.06. The van der Waals surface area contributed by atoms with E-state index < -0.39 is 23.7 Å². The Morgan fingerprint density at radius 3 is 2.50 bits per heavy atom. The molecule has 4 amide bonds. The minimum absolute atomic E-state index is 0.127. The normalized spacial score (nSPS) is 15.2. The second-order valence-corrected chi connectivity index (χ2v) is 6.91. The number of nitrogens with zero attached hydrogens (tertiary/aromatic N) is 1. The highest BCUT2D eigenvalue weighted by atomic mass is 79.9. The van der Waals surface area contributed by atoms with Crippen LogP contribution in [0.25, 0.3) is 6.08 Å². The molecule has 1 fully saturated rings. The molecule has 2 aromatic rings. The summed E-state index contributed by atoms with van der Waals surface area (Å²) in [6, 6.07) is 7.05. The fourth-order valence-electron chi connectivity index (χ4n) is 2.72. The second kappa shape index (κ2) is 8.91. The lowest BCUT2D eigenvalue weighted by Gasteiger charge is -2.26.